The van der Waals surface area contributed by atoms with Crippen LogP contribution in [-0.4, -0.2) is 0 Å². The molecule has 6 aromatic rings. The average Bonchev–Trinajstić information content (AvgIpc) is 3.12. The van der Waals surface area contributed by atoms with Gasteiger partial charge in [0.25, 0.3) is 0 Å². The van der Waals surface area contributed by atoms with Gasteiger partial charge in [-0.15, -0.1) is 0 Å². The first-order valence-electron chi connectivity index (χ1n) is 17.9. The van der Waals surface area contributed by atoms with Gasteiger partial charge in [-0.25, -0.2) is 0 Å². The molecule has 0 unspecified atom stereocenters. The zero-order chi connectivity index (χ0) is 36.0. The zero-order valence-corrected chi connectivity index (χ0v) is 22.1. The van der Waals surface area contributed by atoms with Gasteiger partial charge in [0.05, 0.1) is 13.7 Å². The fourth-order valence-electron chi connectivity index (χ4n) is 4.66. The summed E-state index contributed by atoms with van der Waals surface area (Å²) in [5.74, 6) is 0. The predicted octanol–water partition coefficient (Wildman–Crippen LogP) is 10.9. The quantitative estimate of drug-likeness (QED) is 0.204. The molecule has 0 N–H and O–H groups in total. The van der Waals surface area contributed by atoms with Gasteiger partial charge in [0.1, 0.15) is 0 Å². The van der Waals surface area contributed by atoms with E-state index in [4.69, 9.17) is 13.7 Å². The molecule has 6 rings (SSSR count). The number of hydrogen-bond donors (Lipinski definition) is 0. The number of aryl methyl sites for hydroxylation is 2. The lowest BCUT2D eigenvalue weighted by atomic mass is 10.0. The number of anilines is 6. The molecule has 194 valence electrons. The van der Waals surface area contributed by atoms with Gasteiger partial charge in [0.2, 0.25) is 0 Å². The van der Waals surface area contributed by atoms with Gasteiger partial charge < -0.3 is 9.80 Å². The van der Waals surface area contributed by atoms with Crippen LogP contribution in [0.4, 0.5) is 34.1 Å². The smallest absolute Gasteiger partial charge is 0.0645 e. The molecule has 6 aromatic carbocycles. The van der Waals surface area contributed by atoms with Crippen molar-refractivity contribution in [2.45, 2.75) is 13.8 Å². The zero-order valence-electron chi connectivity index (χ0n) is 32.1. The molecule has 40 heavy (non-hydrogen) atoms. The molecule has 0 aliphatic rings. The molecule has 0 atom stereocenters. The molecule has 0 saturated heterocycles. The maximum absolute atomic E-state index is 8.67. The van der Waals surface area contributed by atoms with Crippen molar-refractivity contribution in [3.63, 3.8) is 0 Å². The Morgan fingerprint density at radius 1 is 0.400 bits per heavy atom. The number of nitrogens with zero attached hydrogens (tertiary/aromatic N) is 2. The summed E-state index contributed by atoms with van der Waals surface area (Å²) in [4.78, 5) is 3.33. The average molecular weight is 527 g/mol. The van der Waals surface area contributed by atoms with Gasteiger partial charge in [-0.1, -0.05) is 84.8 Å². The molecule has 0 bridgehead atoms. The molecule has 0 amide bonds. The van der Waals surface area contributed by atoms with Crippen molar-refractivity contribution in [2.24, 2.45) is 0 Å². The third-order valence-corrected chi connectivity index (χ3v) is 6.52. The Bertz CT molecular complexity index is 2040. The second kappa shape index (κ2) is 11.3. The predicted molar refractivity (Wildman–Crippen MR) is 171 cm³/mol. The SMILES string of the molecule is [2H]c1c([2H])c([2H])c(N(c2ccc(-c3ccc(N(c4cccc(C)c4)c4c([2H])c([2H])c([2H])c([2H])c4[2H])cc3)cc2)c2cccc(C)c2)c([2H])c1[2H]. The van der Waals surface area contributed by atoms with E-state index in [-0.39, 0.29) is 35.5 Å². The van der Waals surface area contributed by atoms with E-state index < -0.39 is 36.3 Å². The van der Waals surface area contributed by atoms with E-state index >= 15 is 0 Å². The highest BCUT2D eigenvalue weighted by Gasteiger charge is 2.14. The highest BCUT2D eigenvalue weighted by atomic mass is 15.1. The Morgan fingerprint density at radius 2 is 0.775 bits per heavy atom. The monoisotopic (exact) mass is 526 g/mol. The van der Waals surface area contributed by atoms with Gasteiger partial charge in [-0.3, -0.25) is 0 Å². The minimum atomic E-state index is -0.459. The molecule has 0 aromatic heterocycles. The molecule has 0 fully saturated rings. The first-order valence-corrected chi connectivity index (χ1v) is 12.9. The summed E-state index contributed by atoms with van der Waals surface area (Å²) < 4.78 is 84.0. The van der Waals surface area contributed by atoms with E-state index in [0.717, 1.165) is 22.3 Å². The molecule has 0 heterocycles. The Balaban J connectivity index is 1.42. The van der Waals surface area contributed by atoms with Crippen LogP contribution in [0.5, 0.6) is 0 Å². The van der Waals surface area contributed by atoms with Crippen LogP contribution in [0.25, 0.3) is 11.1 Å². The van der Waals surface area contributed by atoms with Crippen LogP contribution >= 0.6 is 0 Å². The molecule has 0 aliphatic carbocycles. The minimum Gasteiger partial charge on any atom is -0.310 e. The summed E-state index contributed by atoms with van der Waals surface area (Å²) in [6.07, 6.45) is 0. The Morgan fingerprint density at radius 3 is 1.12 bits per heavy atom. The molecule has 0 radical (unpaired) electrons. The van der Waals surface area contributed by atoms with E-state index in [1.807, 2.05) is 111 Å². The van der Waals surface area contributed by atoms with E-state index in [0.29, 0.717) is 22.7 Å². The van der Waals surface area contributed by atoms with Gasteiger partial charge in [0, 0.05) is 34.1 Å². The Hall–Kier alpha value is -5.08. The molecule has 2 heteroatoms. The Labute approximate surface area is 251 Å². The third kappa shape index (κ3) is 5.39. The number of benzene rings is 6. The topological polar surface area (TPSA) is 6.48 Å². The lowest BCUT2D eigenvalue weighted by Crippen LogP contribution is -2.10. The highest BCUT2D eigenvalue weighted by Crippen LogP contribution is 2.38. The fraction of sp³-hybridized carbons (Fsp3) is 0.0526. The molecule has 2 nitrogen and oxygen atoms in total. The van der Waals surface area contributed by atoms with Crippen LogP contribution in [0.15, 0.2) is 157 Å². The second-order valence-electron chi connectivity index (χ2n) is 9.39. The maximum Gasteiger partial charge on any atom is 0.0645 e. The van der Waals surface area contributed by atoms with Crippen LogP contribution in [-0.2, 0) is 0 Å². The van der Waals surface area contributed by atoms with E-state index in [1.54, 1.807) is 9.80 Å². The first kappa shape index (κ1) is 16.1. The van der Waals surface area contributed by atoms with Crippen molar-refractivity contribution in [3.05, 3.63) is 169 Å². The van der Waals surface area contributed by atoms with Crippen LogP contribution in [0.2, 0.25) is 0 Å². The van der Waals surface area contributed by atoms with Gasteiger partial charge in [-0.2, -0.15) is 0 Å². The number of hydrogen-bond acceptors (Lipinski definition) is 2. The number of rotatable bonds is 7. The molecule has 0 saturated carbocycles. The molecule has 0 aliphatic heterocycles. The second-order valence-corrected chi connectivity index (χ2v) is 9.39. The standard InChI is InChI=1S/C38H32N2/c1-29-11-9-17-37(27-29)39(33-13-5-3-6-14-33)35-23-19-31(20-24-35)32-21-25-36(26-22-32)40(34-15-7-4-8-16-34)38-18-10-12-30(2)28-38/h3-28H,1-2H3/i3D,4D,5D,6D,7D,8D,13D,14D,15D,16D. The van der Waals surface area contributed by atoms with E-state index in [1.165, 1.54) is 0 Å². The van der Waals surface area contributed by atoms with Crippen LogP contribution < -0.4 is 9.80 Å². The molecular weight excluding hydrogens is 484 g/mol. The molecular formula is C38H32N2. The van der Waals surface area contributed by atoms with Crippen LogP contribution in [0, 0.1) is 13.8 Å². The largest absolute Gasteiger partial charge is 0.310 e. The lowest BCUT2D eigenvalue weighted by Gasteiger charge is -2.26. The molecule has 0 spiro atoms. The summed E-state index contributed by atoms with van der Waals surface area (Å²) in [7, 11) is 0. The van der Waals surface area contributed by atoms with Crippen molar-refractivity contribution >= 4 is 34.1 Å². The minimum absolute atomic E-state index is 0.0441. The number of para-hydroxylation sites is 2. The van der Waals surface area contributed by atoms with Crippen molar-refractivity contribution < 1.29 is 13.7 Å². The third-order valence-electron chi connectivity index (χ3n) is 6.52. The van der Waals surface area contributed by atoms with Crippen molar-refractivity contribution in [1.29, 1.82) is 0 Å². The van der Waals surface area contributed by atoms with Gasteiger partial charge >= 0.3 is 0 Å². The summed E-state index contributed by atoms with van der Waals surface area (Å²) in [5, 5.41) is 0. The first-order chi connectivity index (χ1) is 23.8. The summed E-state index contributed by atoms with van der Waals surface area (Å²) in [6, 6.07) is 26.0. The maximum atomic E-state index is 8.67. The van der Waals surface area contributed by atoms with Crippen molar-refractivity contribution in [1.82, 2.24) is 0 Å². The highest BCUT2D eigenvalue weighted by molar-refractivity contribution is 5.80. The van der Waals surface area contributed by atoms with E-state index in [9.17, 15) is 0 Å². The Kier molecular flexibility index (Phi) is 4.57. The lowest BCUT2D eigenvalue weighted by molar-refractivity contribution is 1.27. The normalized spacial score (nSPS) is 14.2. The van der Waals surface area contributed by atoms with Crippen LogP contribution in [0.3, 0.4) is 0 Å². The van der Waals surface area contributed by atoms with Gasteiger partial charge in [0.15, 0.2) is 0 Å². The summed E-state index contributed by atoms with van der Waals surface area (Å²) in [6.45, 7) is 3.85. The summed E-state index contributed by atoms with van der Waals surface area (Å²) >= 11 is 0. The van der Waals surface area contributed by atoms with Crippen molar-refractivity contribution in [3.8, 4) is 11.1 Å². The fourth-order valence-corrected chi connectivity index (χ4v) is 4.66. The van der Waals surface area contributed by atoms with Crippen molar-refractivity contribution in [2.75, 3.05) is 9.80 Å². The summed E-state index contributed by atoms with van der Waals surface area (Å²) in [5.41, 5.74) is 6.15. The van der Waals surface area contributed by atoms with Crippen LogP contribution in [0.1, 0.15) is 24.8 Å². The van der Waals surface area contributed by atoms with Gasteiger partial charge in [-0.05, 0) is 109 Å². The van der Waals surface area contributed by atoms with E-state index in [2.05, 4.69) is 0 Å².